The highest BCUT2D eigenvalue weighted by molar-refractivity contribution is 5.93. The molecule has 0 unspecified atom stereocenters. The second-order valence-corrected chi connectivity index (χ2v) is 4.40. The first-order chi connectivity index (χ1) is 8.68. The Balaban J connectivity index is 2.18. The van der Waals surface area contributed by atoms with Crippen LogP contribution in [0.1, 0.15) is 13.8 Å². The molecule has 2 aromatic rings. The van der Waals surface area contributed by atoms with Crippen molar-refractivity contribution in [1.82, 2.24) is 9.78 Å². The molecule has 94 valence electrons. The van der Waals surface area contributed by atoms with Crippen molar-refractivity contribution in [3.8, 4) is 0 Å². The molecule has 1 aromatic carbocycles. The minimum absolute atomic E-state index is 0.0416. The molecular weight excluding hydrogens is 226 g/mol. The number of hydrogen-bond acceptors (Lipinski definition) is 2. The van der Waals surface area contributed by atoms with Crippen LogP contribution < -0.4 is 4.90 Å². The average molecular weight is 243 g/mol. The Kier molecular flexibility index (Phi) is 3.77. The largest absolute Gasteiger partial charge is 0.308 e. The fourth-order valence-corrected chi connectivity index (χ4v) is 1.93. The van der Waals surface area contributed by atoms with Crippen molar-refractivity contribution in [3.63, 3.8) is 0 Å². The van der Waals surface area contributed by atoms with Gasteiger partial charge in [0.25, 0.3) is 0 Å². The van der Waals surface area contributed by atoms with Crippen LogP contribution in [0.2, 0.25) is 0 Å². The van der Waals surface area contributed by atoms with Crippen molar-refractivity contribution >= 4 is 11.6 Å². The SMILES string of the molecule is CC(C)N(C(=O)Cn1cccn1)c1ccccc1. The molecule has 0 N–H and O–H groups in total. The van der Waals surface area contributed by atoms with Crippen LogP contribution in [0.5, 0.6) is 0 Å². The van der Waals surface area contributed by atoms with Crippen LogP contribution in [0.15, 0.2) is 48.8 Å². The molecule has 0 aliphatic carbocycles. The highest BCUT2D eigenvalue weighted by Crippen LogP contribution is 2.17. The van der Waals surface area contributed by atoms with Crippen molar-refractivity contribution < 1.29 is 4.79 Å². The summed E-state index contributed by atoms with van der Waals surface area (Å²) in [5, 5.41) is 4.06. The van der Waals surface area contributed by atoms with Gasteiger partial charge in [0.05, 0.1) is 0 Å². The summed E-state index contributed by atoms with van der Waals surface area (Å²) in [6, 6.07) is 11.6. The van der Waals surface area contributed by atoms with Gasteiger partial charge >= 0.3 is 0 Å². The molecule has 0 aliphatic rings. The van der Waals surface area contributed by atoms with Crippen molar-refractivity contribution in [2.75, 3.05) is 4.90 Å². The predicted octanol–water partition coefficient (Wildman–Crippen LogP) is 2.32. The third-order valence-electron chi connectivity index (χ3n) is 2.68. The first-order valence-electron chi connectivity index (χ1n) is 6.03. The summed E-state index contributed by atoms with van der Waals surface area (Å²) in [6.07, 6.45) is 3.47. The van der Waals surface area contributed by atoms with E-state index in [2.05, 4.69) is 5.10 Å². The highest BCUT2D eigenvalue weighted by Gasteiger charge is 2.18. The minimum Gasteiger partial charge on any atom is -0.308 e. The van der Waals surface area contributed by atoms with Crippen LogP contribution >= 0.6 is 0 Å². The Morgan fingerprint density at radius 1 is 1.28 bits per heavy atom. The molecule has 2 rings (SSSR count). The monoisotopic (exact) mass is 243 g/mol. The molecule has 4 nitrogen and oxygen atoms in total. The third kappa shape index (κ3) is 2.77. The molecule has 1 amide bonds. The molecule has 0 saturated carbocycles. The molecule has 0 aliphatic heterocycles. The molecule has 18 heavy (non-hydrogen) atoms. The number of para-hydroxylation sites is 1. The predicted molar refractivity (Wildman–Crippen MR) is 71.3 cm³/mol. The smallest absolute Gasteiger partial charge is 0.248 e. The van der Waals surface area contributed by atoms with Gasteiger partial charge in [0, 0.05) is 24.1 Å². The molecular formula is C14H17N3O. The fraction of sp³-hybridized carbons (Fsp3) is 0.286. The summed E-state index contributed by atoms with van der Waals surface area (Å²) < 4.78 is 1.64. The quantitative estimate of drug-likeness (QED) is 0.826. The Bertz CT molecular complexity index is 491. The average Bonchev–Trinajstić information content (AvgIpc) is 2.83. The number of benzene rings is 1. The molecule has 0 radical (unpaired) electrons. The maximum absolute atomic E-state index is 12.3. The Morgan fingerprint density at radius 3 is 2.56 bits per heavy atom. The fourth-order valence-electron chi connectivity index (χ4n) is 1.93. The highest BCUT2D eigenvalue weighted by atomic mass is 16.2. The number of carbonyl (C=O) groups is 1. The zero-order valence-electron chi connectivity index (χ0n) is 10.7. The zero-order valence-corrected chi connectivity index (χ0v) is 10.7. The lowest BCUT2D eigenvalue weighted by atomic mass is 10.2. The van der Waals surface area contributed by atoms with E-state index in [0.717, 1.165) is 5.69 Å². The summed E-state index contributed by atoms with van der Waals surface area (Å²) in [6.45, 7) is 4.28. The molecule has 0 fully saturated rings. The molecule has 1 aromatic heterocycles. The zero-order chi connectivity index (χ0) is 13.0. The van der Waals surface area contributed by atoms with Gasteiger partial charge in [-0.05, 0) is 32.0 Å². The number of hydrogen-bond donors (Lipinski definition) is 0. The van der Waals surface area contributed by atoms with E-state index >= 15 is 0 Å². The van der Waals surface area contributed by atoms with Gasteiger partial charge in [-0.1, -0.05) is 18.2 Å². The third-order valence-corrected chi connectivity index (χ3v) is 2.68. The molecule has 0 saturated heterocycles. The topological polar surface area (TPSA) is 38.1 Å². The Morgan fingerprint density at radius 2 is 2.00 bits per heavy atom. The number of carbonyl (C=O) groups excluding carboxylic acids is 1. The number of amides is 1. The summed E-state index contributed by atoms with van der Waals surface area (Å²) >= 11 is 0. The van der Waals surface area contributed by atoms with E-state index in [1.807, 2.05) is 50.2 Å². The summed E-state index contributed by atoms with van der Waals surface area (Å²) in [7, 11) is 0. The van der Waals surface area contributed by atoms with Crippen LogP contribution in [0.25, 0.3) is 0 Å². The molecule has 4 heteroatoms. The van der Waals surface area contributed by atoms with Crippen LogP contribution in [0.3, 0.4) is 0 Å². The lowest BCUT2D eigenvalue weighted by Crippen LogP contribution is -2.39. The van der Waals surface area contributed by atoms with E-state index in [1.165, 1.54) is 0 Å². The summed E-state index contributed by atoms with van der Waals surface area (Å²) in [5.41, 5.74) is 0.921. The van der Waals surface area contributed by atoms with Gasteiger partial charge in [-0.3, -0.25) is 9.48 Å². The van der Waals surface area contributed by atoms with Crippen LogP contribution in [-0.4, -0.2) is 21.7 Å². The Labute approximate surface area is 107 Å². The molecule has 1 heterocycles. The van der Waals surface area contributed by atoms with Crippen LogP contribution in [-0.2, 0) is 11.3 Å². The normalized spacial score (nSPS) is 10.6. The maximum Gasteiger partial charge on any atom is 0.248 e. The van der Waals surface area contributed by atoms with Gasteiger partial charge in [-0.2, -0.15) is 5.10 Å². The number of aromatic nitrogens is 2. The van der Waals surface area contributed by atoms with Gasteiger partial charge in [0.15, 0.2) is 0 Å². The van der Waals surface area contributed by atoms with Crippen molar-refractivity contribution in [3.05, 3.63) is 48.8 Å². The number of anilines is 1. The summed E-state index contributed by atoms with van der Waals surface area (Å²) in [4.78, 5) is 14.1. The standard InChI is InChI=1S/C14H17N3O/c1-12(2)17(13-7-4-3-5-8-13)14(18)11-16-10-6-9-15-16/h3-10,12H,11H2,1-2H3. The summed E-state index contributed by atoms with van der Waals surface area (Å²) in [5.74, 6) is 0.0416. The van der Waals surface area contributed by atoms with Crippen molar-refractivity contribution in [2.45, 2.75) is 26.4 Å². The van der Waals surface area contributed by atoms with Gasteiger partial charge in [0.2, 0.25) is 5.91 Å². The second-order valence-electron chi connectivity index (χ2n) is 4.40. The molecule has 0 spiro atoms. The van der Waals surface area contributed by atoms with E-state index in [4.69, 9.17) is 0 Å². The van der Waals surface area contributed by atoms with Gasteiger partial charge in [0.1, 0.15) is 6.54 Å². The molecule has 0 atom stereocenters. The van der Waals surface area contributed by atoms with Gasteiger partial charge in [-0.25, -0.2) is 0 Å². The van der Waals surface area contributed by atoms with E-state index in [1.54, 1.807) is 22.0 Å². The lowest BCUT2D eigenvalue weighted by Gasteiger charge is -2.26. The minimum atomic E-state index is 0.0416. The number of nitrogens with zero attached hydrogens (tertiary/aromatic N) is 3. The van der Waals surface area contributed by atoms with E-state index in [-0.39, 0.29) is 18.5 Å². The Hall–Kier alpha value is -2.10. The first-order valence-corrected chi connectivity index (χ1v) is 6.03. The van der Waals surface area contributed by atoms with E-state index < -0.39 is 0 Å². The lowest BCUT2D eigenvalue weighted by molar-refractivity contribution is -0.119. The van der Waals surface area contributed by atoms with Crippen LogP contribution in [0.4, 0.5) is 5.69 Å². The maximum atomic E-state index is 12.3. The van der Waals surface area contributed by atoms with E-state index in [9.17, 15) is 4.79 Å². The molecule has 0 bridgehead atoms. The van der Waals surface area contributed by atoms with E-state index in [0.29, 0.717) is 0 Å². The number of rotatable bonds is 4. The van der Waals surface area contributed by atoms with Gasteiger partial charge < -0.3 is 4.90 Å². The van der Waals surface area contributed by atoms with Crippen molar-refractivity contribution in [1.29, 1.82) is 0 Å². The first kappa shape index (κ1) is 12.4. The van der Waals surface area contributed by atoms with Crippen molar-refractivity contribution in [2.24, 2.45) is 0 Å². The van der Waals surface area contributed by atoms with Crippen LogP contribution in [0, 0.1) is 0 Å². The second kappa shape index (κ2) is 5.49. The van der Waals surface area contributed by atoms with Gasteiger partial charge in [-0.15, -0.1) is 0 Å².